The minimum absolute atomic E-state index is 0.106. The number of H-pyrrole nitrogens is 1. The van der Waals surface area contributed by atoms with Crippen molar-refractivity contribution < 1.29 is 24.9 Å². The SMILES string of the molecule is CC1=NN(c2ccc(C(=O)O)cc2)C(=O)/C1=C/C=C/c1c(C)[nH]n(-c2ccc(C(O)O)cc2)c1=O. The summed E-state index contributed by atoms with van der Waals surface area (Å²) in [4.78, 5) is 36.8. The molecule has 10 heteroatoms. The number of hydrazone groups is 1. The molecule has 4 rings (SSSR count). The molecule has 35 heavy (non-hydrogen) atoms. The molecule has 1 aliphatic heterocycles. The van der Waals surface area contributed by atoms with Crippen molar-refractivity contribution in [3.8, 4) is 5.69 Å². The number of aliphatic hydroxyl groups is 2. The maximum absolute atomic E-state index is 12.9. The molecule has 0 radical (unpaired) electrons. The number of nitrogens with one attached hydrogen (secondary N) is 1. The van der Waals surface area contributed by atoms with Crippen LogP contribution in [0.4, 0.5) is 5.69 Å². The molecule has 0 aliphatic carbocycles. The van der Waals surface area contributed by atoms with Crippen LogP contribution < -0.4 is 10.6 Å². The van der Waals surface area contributed by atoms with Crippen molar-refractivity contribution in [3.05, 3.63) is 99.0 Å². The van der Waals surface area contributed by atoms with Crippen LogP contribution >= 0.6 is 0 Å². The minimum atomic E-state index is -1.59. The van der Waals surface area contributed by atoms with Crippen LogP contribution in [-0.4, -0.2) is 42.7 Å². The van der Waals surface area contributed by atoms with Gasteiger partial charge in [-0.05, 0) is 62.4 Å². The number of nitrogens with zero attached hydrogens (tertiary/aromatic N) is 3. The third-order valence-electron chi connectivity index (χ3n) is 5.51. The second-order valence-electron chi connectivity index (χ2n) is 7.85. The number of benzene rings is 2. The van der Waals surface area contributed by atoms with E-state index in [0.717, 1.165) is 0 Å². The number of aromatic carboxylic acids is 1. The first-order valence-corrected chi connectivity index (χ1v) is 10.6. The molecule has 0 fully saturated rings. The van der Waals surface area contributed by atoms with E-state index in [4.69, 9.17) is 5.11 Å². The third kappa shape index (κ3) is 4.60. The van der Waals surface area contributed by atoms with E-state index in [0.29, 0.717) is 39.5 Å². The zero-order chi connectivity index (χ0) is 25.3. The number of aryl methyl sites for hydroxylation is 1. The van der Waals surface area contributed by atoms with Crippen molar-refractivity contribution in [1.82, 2.24) is 9.78 Å². The smallest absolute Gasteiger partial charge is 0.335 e. The minimum Gasteiger partial charge on any atom is -0.478 e. The lowest BCUT2D eigenvalue weighted by Crippen LogP contribution is -2.21. The molecule has 4 N–H and O–H groups in total. The van der Waals surface area contributed by atoms with E-state index in [-0.39, 0.29) is 17.0 Å². The monoisotopic (exact) mass is 474 g/mol. The standard InChI is InChI=1S/C25H22N4O6/c1-14-20(22(30)28(26-14)18-10-6-16(7-11-18)24(32)33)4-3-5-21-15(2)27-29(23(21)31)19-12-8-17(9-13-19)25(34)35/h3-13,24,26,32-33H,1-2H3,(H,34,35)/b4-3+,21-5+. The van der Waals surface area contributed by atoms with Gasteiger partial charge in [0.25, 0.3) is 11.5 Å². The van der Waals surface area contributed by atoms with Gasteiger partial charge in [0.1, 0.15) is 0 Å². The van der Waals surface area contributed by atoms with Gasteiger partial charge >= 0.3 is 5.97 Å². The summed E-state index contributed by atoms with van der Waals surface area (Å²) in [5.74, 6) is -1.43. The highest BCUT2D eigenvalue weighted by molar-refractivity contribution is 6.29. The maximum Gasteiger partial charge on any atom is 0.335 e. The van der Waals surface area contributed by atoms with E-state index in [1.807, 2.05) is 0 Å². The summed E-state index contributed by atoms with van der Waals surface area (Å²) in [6, 6.07) is 12.0. The summed E-state index contributed by atoms with van der Waals surface area (Å²) in [6.45, 7) is 3.43. The Labute approximate surface area is 199 Å². The van der Waals surface area contributed by atoms with E-state index < -0.39 is 12.3 Å². The number of aliphatic hydroxyl groups excluding tert-OH is 1. The predicted molar refractivity (Wildman–Crippen MR) is 129 cm³/mol. The number of carbonyl (C=O) groups excluding carboxylic acids is 1. The molecule has 2 heterocycles. The van der Waals surface area contributed by atoms with Crippen molar-refractivity contribution >= 4 is 29.4 Å². The van der Waals surface area contributed by atoms with Gasteiger partial charge in [-0.25, -0.2) is 9.48 Å². The summed E-state index contributed by atoms with van der Waals surface area (Å²) in [7, 11) is 0. The lowest BCUT2D eigenvalue weighted by atomic mass is 10.1. The Morgan fingerprint density at radius 2 is 1.63 bits per heavy atom. The topological polar surface area (TPSA) is 148 Å². The number of amides is 1. The molecular weight excluding hydrogens is 452 g/mol. The number of hydrogen-bond acceptors (Lipinski definition) is 6. The van der Waals surface area contributed by atoms with Gasteiger partial charge in [0, 0.05) is 11.3 Å². The van der Waals surface area contributed by atoms with E-state index in [9.17, 15) is 24.6 Å². The molecular formula is C25H22N4O6. The molecule has 1 aliphatic rings. The van der Waals surface area contributed by atoms with Crippen LogP contribution in [0.25, 0.3) is 11.8 Å². The fraction of sp³-hybridized carbons (Fsp3) is 0.120. The third-order valence-corrected chi connectivity index (χ3v) is 5.51. The molecule has 178 valence electrons. The van der Waals surface area contributed by atoms with E-state index in [1.54, 1.807) is 44.2 Å². The summed E-state index contributed by atoms with van der Waals surface area (Å²) >= 11 is 0. The Kier molecular flexibility index (Phi) is 6.32. The van der Waals surface area contributed by atoms with Gasteiger partial charge in [-0.1, -0.05) is 18.2 Å². The Morgan fingerprint density at radius 1 is 1.00 bits per heavy atom. The molecule has 1 aromatic heterocycles. The average molecular weight is 474 g/mol. The van der Waals surface area contributed by atoms with Crippen molar-refractivity contribution in [1.29, 1.82) is 0 Å². The van der Waals surface area contributed by atoms with E-state index in [2.05, 4.69) is 10.2 Å². The highest BCUT2D eigenvalue weighted by Gasteiger charge is 2.28. The first-order chi connectivity index (χ1) is 16.7. The highest BCUT2D eigenvalue weighted by atomic mass is 16.5. The molecule has 0 spiro atoms. The van der Waals surface area contributed by atoms with E-state index >= 15 is 0 Å². The molecule has 10 nitrogen and oxygen atoms in total. The second kappa shape index (κ2) is 9.37. The average Bonchev–Trinajstić information content (AvgIpc) is 3.28. The summed E-state index contributed by atoms with van der Waals surface area (Å²) in [6.07, 6.45) is 3.16. The van der Waals surface area contributed by atoms with Crippen molar-refractivity contribution in [3.63, 3.8) is 0 Å². The predicted octanol–water partition coefficient (Wildman–Crippen LogP) is 2.52. The summed E-state index contributed by atoms with van der Waals surface area (Å²) in [5.41, 5.74) is 2.91. The zero-order valence-corrected chi connectivity index (χ0v) is 18.8. The van der Waals surface area contributed by atoms with Crippen molar-refractivity contribution in [2.24, 2.45) is 5.10 Å². The fourth-order valence-electron chi connectivity index (χ4n) is 3.60. The molecule has 0 atom stereocenters. The Morgan fingerprint density at radius 3 is 2.23 bits per heavy atom. The highest BCUT2D eigenvalue weighted by Crippen LogP contribution is 2.24. The quantitative estimate of drug-likeness (QED) is 0.319. The van der Waals surface area contributed by atoms with Gasteiger partial charge in [-0.2, -0.15) is 10.1 Å². The van der Waals surface area contributed by atoms with Gasteiger partial charge in [-0.15, -0.1) is 0 Å². The number of aromatic nitrogens is 2. The summed E-state index contributed by atoms with van der Waals surface area (Å²) in [5, 5.41) is 35.9. The number of anilines is 1. The molecule has 2 aromatic carbocycles. The van der Waals surface area contributed by atoms with Crippen LogP contribution in [0.5, 0.6) is 0 Å². The largest absolute Gasteiger partial charge is 0.478 e. The number of carboxylic acid groups (broad SMARTS) is 1. The molecule has 0 unspecified atom stereocenters. The molecule has 1 amide bonds. The summed E-state index contributed by atoms with van der Waals surface area (Å²) < 4.78 is 1.34. The fourth-order valence-corrected chi connectivity index (χ4v) is 3.60. The molecule has 3 aromatic rings. The number of allylic oxidation sites excluding steroid dienone is 2. The first-order valence-electron chi connectivity index (χ1n) is 10.6. The second-order valence-corrected chi connectivity index (χ2v) is 7.85. The number of carboxylic acids is 1. The Balaban J connectivity index is 1.56. The number of rotatable bonds is 6. The molecule has 0 saturated heterocycles. The van der Waals surface area contributed by atoms with Crippen LogP contribution in [0, 0.1) is 6.92 Å². The number of aromatic amines is 1. The maximum atomic E-state index is 12.9. The Bertz CT molecular complexity index is 1440. The van der Waals surface area contributed by atoms with Crippen LogP contribution in [-0.2, 0) is 4.79 Å². The van der Waals surface area contributed by atoms with Crippen molar-refractivity contribution in [2.75, 3.05) is 5.01 Å². The molecule has 0 bridgehead atoms. The van der Waals surface area contributed by atoms with Gasteiger partial charge in [0.05, 0.1) is 33.8 Å². The van der Waals surface area contributed by atoms with Gasteiger partial charge < -0.3 is 15.3 Å². The van der Waals surface area contributed by atoms with Crippen molar-refractivity contribution in [2.45, 2.75) is 20.1 Å². The first kappa shape index (κ1) is 23.6. The number of carbonyl (C=O) groups is 2. The van der Waals surface area contributed by atoms with Crippen LogP contribution in [0.2, 0.25) is 0 Å². The van der Waals surface area contributed by atoms with Crippen LogP contribution in [0.15, 0.2) is 76.2 Å². The van der Waals surface area contributed by atoms with E-state index in [1.165, 1.54) is 46.1 Å². The number of hydrogen-bond donors (Lipinski definition) is 4. The van der Waals surface area contributed by atoms with Gasteiger partial charge in [0.15, 0.2) is 6.29 Å². The lowest BCUT2D eigenvalue weighted by molar-refractivity contribution is -0.114. The molecule has 0 saturated carbocycles. The Hall–Kier alpha value is -4.54. The van der Waals surface area contributed by atoms with Gasteiger partial charge in [0.2, 0.25) is 0 Å². The normalized spacial score (nSPS) is 15.0. The van der Waals surface area contributed by atoms with Crippen LogP contribution in [0.3, 0.4) is 0 Å². The van der Waals surface area contributed by atoms with Crippen LogP contribution in [0.1, 0.15) is 40.4 Å². The van der Waals surface area contributed by atoms with Gasteiger partial charge in [-0.3, -0.25) is 14.7 Å². The zero-order valence-electron chi connectivity index (χ0n) is 18.8. The lowest BCUT2D eigenvalue weighted by Gasteiger charge is -2.11.